The number of hydrogen-bond donors (Lipinski definition) is 2. The Balaban J connectivity index is 2.70. The monoisotopic (exact) mass is 185 g/mol. The van der Waals surface area contributed by atoms with Gasteiger partial charge in [-0.3, -0.25) is 0 Å². The molecule has 5 nitrogen and oxygen atoms in total. The summed E-state index contributed by atoms with van der Waals surface area (Å²) in [5.41, 5.74) is 0.0658. The van der Waals surface area contributed by atoms with Crippen LogP contribution in [0.15, 0.2) is 6.20 Å². The van der Waals surface area contributed by atoms with Crippen LogP contribution in [-0.2, 0) is 13.0 Å². The van der Waals surface area contributed by atoms with Crippen LogP contribution in [0, 0.1) is 0 Å². The molecule has 1 aromatic rings. The first-order valence-corrected chi connectivity index (χ1v) is 4.23. The Kier molecular flexibility index (Phi) is 3.00. The molecule has 0 unspecified atom stereocenters. The smallest absolute Gasteiger partial charge is 0.0726 e. The normalized spacial score (nSPS) is 12.0. The summed E-state index contributed by atoms with van der Waals surface area (Å²) in [6, 6.07) is 0. The average molecular weight is 185 g/mol. The molecule has 13 heavy (non-hydrogen) atoms. The van der Waals surface area contributed by atoms with Crippen LogP contribution in [0.4, 0.5) is 0 Å². The Morgan fingerprint density at radius 3 is 2.77 bits per heavy atom. The van der Waals surface area contributed by atoms with Crippen LogP contribution in [0.1, 0.15) is 19.5 Å². The maximum atomic E-state index is 9.55. The highest BCUT2D eigenvalue weighted by molar-refractivity contribution is 4.98. The fraction of sp³-hybridized carbons (Fsp3) is 0.750. The van der Waals surface area contributed by atoms with Crippen molar-refractivity contribution >= 4 is 0 Å². The van der Waals surface area contributed by atoms with Crippen molar-refractivity contribution in [2.75, 3.05) is 6.61 Å². The second-order valence-corrected chi connectivity index (χ2v) is 3.66. The van der Waals surface area contributed by atoms with E-state index in [1.807, 2.05) is 0 Å². The van der Waals surface area contributed by atoms with Crippen molar-refractivity contribution in [3.63, 3.8) is 0 Å². The highest BCUT2D eigenvalue weighted by atomic mass is 16.3. The molecule has 0 atom stereocenters. The van der Waals surface area contributed by atoms with Crippen LogP contribution in [0.5, 0.6) is 0 Å². The second kappa shape index (κ2) is 3.85. The van der Waals surface area contributed by atoms with Crippen molar-refractivity contribution in [2.24, 2.45) is 0 Å². The summed E-state index contributed by atoms with van der Waals surface area (Å²) < 4.78 is 1.60. The third-order valence-electron chi connectivity index (χ3n) is 1.62. The highest BCUT2D eigenvalue weighted by Gasteiger charge is 2.16. The van der Waals surface area contributed by atoms with Gasteiger partial charge in [-0.2, -0.15) is 0 Å². The minimum absolute atomic E-state index is 0.0300. The van der Waals surface area contributed by atoms with Gasteiger partial charge in [-0.1, -0.05) is 5.21 Å². The van der Waals surface area contributed by atoms with Gasteiger partial charge in [0.05, 0.1) is 30.6 Å². The minimum atomic E-state index is -0.769. The summed E-state index contributed by atoms with van der Waals surface area (Å²) in [4.78, 5) is 0. The van der Waals surface area contributed by atoms with Gasteiger partial charge in [0.15, 0.2) is 0 Å². The van der Waals surface area contributed by atoms with Gasteiger partial charge < -0.3 is 10.2 Å². The topological polar surface area (TPSA) is 71.2 Å². The van der Waals surface area contributed by atoms with Crippen LogP contribution in [-0.4, -0.2) is 37.4 Å². The van der Waals surface area contributed by atoms with Crippen LogP contribution in [0.2, 0.25) is 0 Å². The molecule has 0 spiro atoms. The lowest BCUT2D eigenvalue weighted by molar-refractivity contribution is 0.0782. The molecule has 0 radical (unpaired) electrons. The van der Waals surface area contributed by atoms with Crippen molar-refractivity contribution in [3.05, 3.63) is 11.9 Å². The Hall–Kier alpha value is -0.940. The highest BCUT2D eigenvalue weighted by Crippen LogP contribution is 2.10. The summed E-state index contributed by atoms with van der Waals surface area (Å²) in [5, 5.41) is 25.8. The number of aromatic nitrogens is 3. The Labute approximate surface area is 77.0 Å². The summed E-state index contributed by atoms with van der Waals surface area (Å²) in [5.74, 6) is 0. The molecule has 0 bridgehead atoms. The Morgan fingerprint density at radius 1 is 1.54 bits per heavy atom. The van der Waals surface area contributed by atoms with Gasteiger partial charge in [0.2, 0.25) is 0 Å². The number of hydrogen-bond acceptors (Lipinski definition) is 4. The average Bonchev–Trinajstić information content (AvgIpc) is 2.34. The van der Waals surface area contributed by atoms with Crippen LogP contribution < -0.4 is 0 Å². The van der Waals surface area contributed by atoms with E-state index in [9.17, 15) is 5.11 Å². The molecule has 0 saturated heterocycles. The molecule has 2 N–H and O–H groups in total. The van der Waals surface area contributed by atoms with Crippen molar-refractivity contribution < 1.29 is 10.2 Å². The molecule has 0 fully saturated rings. The van der Waals surface area contributed by atoms with Crippen molar-refractivity contribution in [1.29, 1.82) is 0 Å². The Morgan fingerprint density at radius 2 is 2.23 bits per heavy atom. The van der Waals surface area contributed by atoms with Crippen molar-refractivity contribution in [3.8, 4) is 0 Å². The summed E-state index contributed by atoms with van der Waals surface area (Å²) in [7, 11) is 0. The second-order valence-electron chi connectivity index (χ2n) is 3.66. The molecule has 0 saturated carbocycles. The van der Waals surface area contributed by atoms with Gasteiger partial charge in [0.1, 0.15) is 0 Å². The van der Waals surface area contributed by atoms with E-state index in [1.165, 1.54) is 0 Å². The van der Waals surface area contributed by atoms with E-state index < -0.39 is 5.60 Å². The molecule has 1 aromatic heterocycles. The van der Waals surface area contributed by atoms with Crippen LogP contribution >= 0.6 is 0 Å². The maximum Gasteiger partial charge on any atom is 0.0726 e. The van der Waals surface area contributed by atoms with Gasteiger partial charge in [0, 0.05) is 6.42 Å². The van der Waals surface area contributed by atoms with E-state index in [4.69, 9.17) is 5.11 Å². The van der Waals surface area contributed by atoms with E-state index in [2.05, 4.69) is 10.3 Å². The van der Waals surface area contributed by atoms with Crippen LogP contribution in [0.25, 0.3) is 0 Å². The zero-order valence-corrected chi connectivity index (χ0v) is 7.93. The standard InChI is InChI=1S/C8H15N3O2/c1-8(2,13)5-7-6-9-10-11(7)3-4-12/h6,12-13H,3-5H2,1-2H3. The fourth-order valence-corrected chi connectivity index (χ4v) is 1.14. The zero-order chi connectivity index (χ0) is 9.90. The van der Waals surface area contributed by atoms with Gasteiger partial charge in [-0.05, 0) is 13.8 Å². The largest absolute Gasteiger partial charge is 0.394 e. The molecule has 5 heteroatoms. The molecular formula is C8H15N3O2. The quantitative estimate of drug-likeness (QED) is 0.668. The van der Waals surface area contributed by atoms with E-state index in [1.54, 1.807) is 24.7 Å². The molecule has 0 amide bonds. The van der Waals surface area contributed by atoms with Gasteiger partial charge in [-0.25, -0.2) is 4.68 Å². The first kappa shape index (κ1) is 10.1. The number of rotatable bonds is 4. The summed E-state index contributed by atoms with van der Waals surface area (Å²) >= 11 is 0. The lowest BCUT2D eigenvalue weighted by atomic mass is 10.0. The molecule has 0 aliphatic rings. The van der Waals surface area contributed by atoms with Crippen molar-refractivity contribution in [1.82, 2.24) is 15.0 Å². The summed E-state index contributed by atoms with van der Waals surface area (Å²) in [6.07, 6.45) is 2.09. The number of aliphatic hydroxyl groups excluding tert-OH is 1. The van der Waals surface area contributed by atoms with E-state index >= 15 is 0 Å². The first-order chi connectivity index (χ1) is 6.03. The Bertz CT molecular complexity index is 265. The summed E-state index contributed by atoms with van der Waals surface area (Å²) in [6.45, 7) is 3.90. The fourth-order valence-electron chi connectivity index (χ4n) is 1.14. The van der Waals surface area contributed by atoms with E-state index in [-0.39, 0.29) is 6.61 Å². The predicted octanol–water partition coefficient (Wildman–Crippen LogP) is -0.416. The molecule has 1 rings (SSSR count). The molecule has 74 valence electrons. The lowest BCUT2D eigenvalue weighted by Gasteiger charge is -2.16. The minimum Gasteiger partial charge on any atom is -0.394 e. The molecule has 0 aromatic carbocycles. The number of nitrogens with zero attached hydrogens (tertiary/aromatic N) is 3. The van der Waals surface area contributed by atoms with E-state index in [0.717, 1.165) is 5.69 Å². The SMILES string of the molecule is CC(C)(O)Cc1cnnn1CCO. The predicted molar refractivity (Wildman–Crippen MR) is 47.1 cm³/mol. The third-order valence-corrected chi connectivity index (χ3v) is 1.62. The zero-order valence-electron chi connectivity index (χ0n) is 7.93. The number of aliphatic hydroxyl groups is 2. The van der Waals surface area contributed by atoms with E-state index in [0.29, 0.717) is 13.0 Å². The lowest BCUT2D eigenvalue weighted by Crippen LogP contribution is -2.24. The maximum absolute atomic E-state index is 9.55. The third kappa shape index (κ3) is 3.12. The molecule has 0 aliphatic carbocycles. The molecular weight excluding hydrogens is 170 g/mol. The van der Waals surface area contributed by atoms with Crippen LogP contribution in [0.3, 0.4) is 0 Å². The van der Waals surface area contributed by atoms with Gasteiger partial charge >= 0.3 is 0 Å². The molecule has 1 heterocycles. The van der Waals surface area contributed by atoms with Gasteiger partial charge in [-0.15, -0.1) is 5.10 Å². The van der Waals surface area contributed by atoms with Crippen molar-refractivity contribution in [2.45, 2.75) is 32.4 Å². The first-order valence-electron chi connectivity index (χ1n) is 4.23. The van der Waals surface area contributed by atoms with Gasteiger partial charge in [0.25, 0.3) is 0 Å². The molecule has 0 aliphatic heterocycles.